The number of aromatic hydroxyl groups is 1. The molecule has 41 heavy (non-hydrogen) atoms. The first-order valence-corrected chi connectivity index (χ1v) is 13.5. The van der Waals surface area contributed by atoms with Crippen LogP contribution in [0.4, 0.5) is 10.1 Å². The van der Waals surface area contributed by atoms with Crippen LogP contribution in [0.25, 0.3) is 5.76 Å². The first-order chi connectivity index (χ1) is 19.2. The van der Waals surface area contributed by atoms with Crippen molar-refractivity contribution in [3.8, 4) is 5.75 Å². The second-order valence-electron chi connectivity index (χ2n) is 11.1. The molecule has 0 aliphatic heterocycles. The molecule has 4 rings (SSSR count). The average Bonchev–Trinajstić information content (AvgIpc) is 2.88. The molecule has 1 saturated carbocycles. The SMILES string of the molecule is [B]=C1C(C(N)=O)=C(O)[C@@H](N(C)CC)[C@@H]2C[C@@H]3Cc4c(F)cc(NC(=O)CN(C)CCC)c(O)c4C(O)=C3C(=O)[C@]12O. The van der Waals surface area contributed by atoms with E-state index in [1.807, 2.05) is 6.92 Å². The van der Waals surface area contributed by atoms with Crippen LogP contribution in [-0.2, 0) is 20.8 Å². The van der Waals surface area contributed by atoms with Gasteiger partial charge in [-0.05, 0) is 20.0 Å². The van der Waals surface area contributed by atoms with E-state index >= 15 is 4.39 Å². The summed E-state index contributed by atoms with van der Waals surface area (Å²) in [4.78, 5) is 42.2. The summed E-state index contributed by atoms with van der Waals surface area (Å²) in [6, 6.07) is -0.0747. The standard InChI is InChI=1S/C28H35BFN4O7/c1-5-7-33(3)11-17(35)32-16-10-15(30)13-8-12-9-14-21(34(4)6-2)24(38)20(27(31)40)25(29)28(14,41)26(39)18(12)23(37)19(13)22(16)36/h10,12,14,21,36-38,41H,5-9,11H2,1-4H3,(H2,31,40)(H,32,35)/t12-,14-,21-,28+/m0/s1. The molecule has 3 aliphatic carbocycles. The predicted molar refractivity (Wildman–Crippen MR) is 151 cm³/mol. The first-order valence-electron chi connectivity index (χ1n) is 13.5. The van der Waals surface area contributed by atoms with Gasteiger partial charge in [0.2, 0.25) is 0 Å². The molecule has 3 aliphatic rings. The van der Waals surface area contributed by atoms with Gasteiger partial charge >= 0.3 is 211 Å². The van der Waals surface area contributed by atoms with Crippen LogP contribution in [0, 0.1) is 17.7 Å². The quantitative estimate of drug-likeness (QED) is 0.193. The van der Waals surface area contributed by atoms with E-state index in [-0.39, 0.29) is 41.8 Å². The van der Waals surface area contributed by atoms with Gasteiger partial charge in [-0.2, -0.15) is 0 Å². The van der Waals surface area contributed by atoms with E-state index in [4.69, 9.17) is 13.2 Å². The zero-order chi connectivity index (χ0) is 30.5. The number of halogens is 1. The van der Waals surface area contributed by atoms with E-state index in [1.54, 1.807) is 30.8 Å². The number of carbonyl (C=O) groups excluding carboxylic acids is 3. The molecule has 0 unspecified atom stereocenters. The fourth-order valence-electron chi connectivity index (χ4n) is 6.46. The molecule has 13 heteroatoms. The number of phenols is 1. The van der Waals surface area contributed by atoms with E-state index < -0.39 is 75.2 Å². The Bertz CT molecular complexity index is 1410. The van der Waals surface area contributed by atoms with Gasteiger partial charge in [0.15, 0.2) is 0 Å². The molecule has 2 amide bonds. The summed E-state index contributed by atoms with van der Waals surface area (Å²) in [6.45, 7) is 4.68. The summed E-state index contributed by atoms with van der Waals surface area (Å²) in [5.41, 5.74) is 0.663. The van der Waals surface area contributed by atoms with Crippen molar-refractivity contribution in [2.75, 3.05) is 39.0 Å². The van der Waals surface area contributed by atoms with E-state index in [9.17, 15) is 34.8 Å². The van der Waals surface area contributed by atoms with E-state index in [0.29, 0.717) is 13.1 Å². The predicted octanol–water partition coefficient (Wildman–Crippen LogP) is 0.545. The molecule has 1 aromatic rings. The van der Waals surface area contributed by atoms with E-state index in [2.05, 4.69) is 5.32 Å². The van der Waals surface area contributed by atoms with Gasteiger partial charge in [0, 0.05) is 0 Å². The number of aliphatic hydroxyl groups is 3. The molecule has 0 spiro atoms. The number of benzene rings is 1. The number of rotatable bonds is 8. The fraction of sp³-hybridized carbons (Fsp3) is 0.500. The molecule has 4 atom stereocenters. The number of nitrogens with one attached hydrogen (secondary N) is 1. The van der Waals surface area contributed by atoms with Gasteiger partial charge in [-0.15, -0.1) is 0 Å². The number of carbonyl (C=O) groups is 3. The number of primary amides is 1. The van der Waals surface area contributed by atoms with Crippen molar-refractivity contribution in [3.05, 3.63) is 39.9 Å². The third kappa shape index (κ3) is 4.75. The Morgan fingerprint density at radius 3 is 2.49 bits per heavy atom. The molecule has 0 heterocycles. The second-order valence-corrected chi connectivity index (χ2v) is 11.1. The first kappa shape index (κ1) is 30.4. The summed E-state index contributed by atoms with van der Waals surface area (Å²) >= 11 is 0. The Hall–Kier alpha value is -3.55. The van der Waals surface area contributed by atoms with Crippen LogP contribution in [-0.4, -0.2) is 106 Å². The second kappa shape index (κ2) is 11.0. The van der Waals surface area contributed by atoms with Gasteiger partial charge in [-0.3, -0.25) is 0 Å². The molecule has 0 saturated heterocycles. The molecule has 0 aromatic heterocycles. The number of phenolic OH excluding ortho intramolecular Hbond substituents is 1. The molecule has 219 valence electrons. The molecule has 1 aromatic carbocycles. The van der Waals surface area contributed by atoms with Crippen molar-refractivity contribution in [1.82, 2.24) is 9.80 Å². The Morgan fingerprint density at radius 2 is 1.90 bits per heavy atom. The summed E-state index contributed by atoms with van der Waals surface area (Å²) in [5, 5.41) is 47.7. The molecule has 11 nitrogen and oxygen atoms in total. The summed E-state index contributed by atoms with van der Waals surface area (Å²) in [6.07, 6.45) is 0.644. The minimum absolute atomic E-state index is 0.0287. The third-order valence-electron chi connectivity index (χ3n) is 8.48. The Balaban J connectivity index is 1.83. The van der Waals surface area contributed by atoms with Gasteiger partial charge in [0.1, 0.15) is 0 Å². The molecular weight excluding hydrogens is 534 g/mol. The van der Waals surface area contributed by atoms with Crippen LogP contribution >= 0.6 is 0 Å². The summed E-state index contributed by atoms with van der Waals surface area (Å²) < 4.78 is 15.4. The third-order valence-corrected chi connectivity index (χ3v) is 8.48. The number of amides is 2. The topological polar surface area (TPSA) is 177 Å². The number of nitrogens with zero attached hydrogens (tertiary/aromatic N) is 2. The maximum absolute atomic E-state index is 15.4. The Labute approximate surface area is 238 Å². The minimum atomic E-state index is -2.54. The zero-order valence-corrected chi connectivity index (χ0v) is 23.5. The maximum atomic E-state index is 15.4. The molecule has 1 fully saturated rings. The van der Waals surface area contributed by atoms with Crippen LogP contribution in [0.5, 0.6) is 5.75 Å². The van der Waals surface area contributed by atoms with Gasteiger partial charge in [-0.1, -0.05) is 6.92 Å². The average molecular weight is 569 g/mol. The Morgan fingerprint density at radius 1 is 1.24 bits per heavy atom. The van der Waals surface area contributed by atoms with Crippen molar-refractivity contribution >= 4 is 42.0 Å². The van der Waals surface area contributed by atoms with Crippen molar-refractivity contribution in [2.24, 2.45) is 17.6 Å². The van der Waals surface area contributed by atoms with Crippen molar-refractivity contribution in [2.45, 2.75) is 44.8 Å². The van der Waals surface area contributed by atoms with E-state index in [1.165, 1.54) is 0 Å². The summed E-state index contributed by atoms with van der Waals surface area (Å²) in [5.74, 6) is -7.31. The van der Waals surface area contributed by atoms with Crippen LogP contribution in [0.15, 0.2) is 23.0 Å². The number of aliphatic hydroxyl groups excluding tert-OH is 2. The van der Waals surface area contributed by atoms with Gasteiger partial charge < -0.3 is 0 Å². The number of nitrogens with two attached hydrogens (primary N) is 1. The zero-order valence-electron chi connectivity index (χ0n) is 23.5. The number of likely N-dealkylation sites (N-methyl/N-ethyl adjacent to an activating group) is 2. The molecule has 7 N–H and O–H groups in total. The number of hydrogen-bond donors (Lipinski definition) is 6. The Kier molecular flexibility index (Phi) is 8.18. The monoisotopic (exact) mass is 569 g/mol. The number of hydrogen-bond acceptors (Lipinski definition) is 9. The van der Waals surface area contributed by atoms with Gasteiger partial charge in [-0.25, -0.2) is 0 Å². The number of fused-ring (bicyclic) bond motifs is 3. The fourth-order valence-corrected chi connectivity index (χ4v) is 6.46. The van der Waals surface area contributed by atoms with Crippen molar-refractivity contribution in [3.63, 3.8) is 0 Å². The van der Waals surface area contributed by atoms with Crippen LogP contribution in [0.3, 0.4) is 0 Å². The molecule has 0 bridgehead atoms. The number of anilines is 1. The number of Topliss-reactive ketones (excluding diaryl/α,β-unsaturated/α-hetero) is 1. The van der Waals surface area contributed by atoms with Crippen LogP contribution < -0.4 is 11.1 Å². The van der Waals surface area contributed by atoms with E-state index in [0.717, 1.165) is 12.5 Å². The van der Waals surface area contributed by atoms with Crippen LogP contribution in [0.2, 0.25) is 0 Å². The van der Waals surface area contributed by atoms with Crippen molar-refractivity contribution < 1.29 is 39.2 Å². The molecule has 1 radical (unpaired) electrons. The van der Waals surface area contributed by atoms with Crippen LogP contribution in [0.1, 0.15) is 37.8 Å². The normalized spacial score (nSPS) is 25.8. The van der Waals surface area contributed by atoms with Crippen molar-refractivity contribution in [1.29, 1.82) is 0 Å². The van der Waals surface area contributed by atoms with Gasteiger partial charge in [0.05, 0.1) is 0 Å². The van der Waals surface area contributed by atoms with Gasteiger partial charge in [0.25, 0.3) is 0 Å². The molecular formula is C28H35BFN4O7. The summed E-state index contributed by atoms with van der Waals surface area (Å²) in [7, 11) is 9.51. The number of ketones is 1.